The quantitative estimate of drug-likeness (QED) is 0.893. The Labute approximate surface area is 145 Å². The largest absolute Gasteiger partial charge is 0.340 e. The van der Waals surface area contributed by atoms with Crippen LogP contribution in [-0.4, -0.2) is 34.6 Å². The van der Waals surface area contributed by atoms with E-state index in [4.69, 9.17) is 11.6 Å². The van der Waals surface area contributed by atoms with E-state index < -0.39 is 6.04 Å². The zero-order valence-electron chi connectivity index (χ0n) is 13.5. The second-order valence-electron chi connectivity index (χ2n) is 6.14. The van der Waals surface area contributed by atoms with Crippen LogP contribution in [0.1, 0.15) is 42.2 Å². The van der Waals surface area contributed by atoms with Crippen LogP contribution in [0.15, 0.2) is 30.5 Å². The van der Waals surface area contributed by atoms with E-state index in [1.54, 1.807) is 23.1 Å². The molecule has 0 saturated carbocycles. The fourth-order valence-corrected chi connectivity index (χ4v) is 3.05. The molecule has 0 aliphatic carbocycles. The lowest BCUT2D eigenvalue weighted by atomic mass is 10.1. The highest BCUT2D eigenvalue weighted by Crippen LogP contribution is 2.25. The van der Waals surface area contributed by atoms with Crippen molar-refractivity contribution in [1.82, 2.24) is 15.5 Å². The van der Waals surface area contributed by atoms with Gasteiger partial charge in [0, 0.05) is 17.3 Å². The van der Waals surface area contributed by atoms with Gasteiger partial charge in [0.25, 0.3) is 5.91 Å². The monoisotopic (exact) mass is 346 g/mol. The van der Waals surface area contributed by atoms with E-state index in [2.05, 4.69) is 15.5 Å². The molecule has 1 aliphatic rings. The molecular formula is C17H19ClN4O2. The first kappa shape index (κ1) is 16.5. The number of amides is 2. The van der Waals surface area contributed by atoms with E-state index in [1.165, 1.54) is 6.20 Å². The number of H-pyrrole nitrogens is 1. The van der Waals surface area contributed by atoms with Gasteiger partial charge in [0.1, 0.15) is 6.04 Å². The number of aromatic nitrogens is 2. The van der Waals surface area contributed by atoms with Gasteiger partial charge >= 0.3 is 0 Å². The molecular weight excluding hydrogens is 328 g/mol. The Morgan fingerprint density at radius 1 is 1.46 bits per heavy atom. The lowest BCUT2D eigenvalue weighted by Crippen LogP contribution is -2.41. The number of hydrogen-bond donors (Lipinski definition) is 2. The molecule has 2 aromatic rings. The molecule has 7 heteroatoms. The molecule has 1 aliphatic heterocycles. The average molecular weight is 347 g/mol. The number of nitrogens with one attached hydrogen (secondary N) is 2. The van der Waals surface area contributed by atoms with Crippen molar-refractivity contribution in [2.45, 2.75) is 32.2 Å². The predicted molar refractivity (Wildman–Crippen MR) is 92.4 cm³/mol. The van der Waals surface area contributed by atoms with Crippen LogP contribution in [0.25, 0.3) is 0 Å². The SMILES string of the molecule is CC(C)c1[nH]ncc1C(=O)N[C@@H]1CCN(c2cccc(Cl)c2)C1=O. The van der Waals surface area contributed by atoms with E-state index in [0.29, 0.717) is 23.6 Å². The number of anilines is 1. The molecule has 0 unspecified atom stereocenters. The van der Waals surface area contributed by atoms with E-state index in [9.17, 15) is 9.59 Å². The summed E-state index contributed by atoms with van der Waals surface area (Å²) >= 11 is 5.99. The van der Waals surface area contributed by atoms with E-state index >= 15 is 0 Å². The van der Waals surface area contributed by atoms with Crippen molar-refractivity contribution in [2.75, 3.05) is 11.4 Å². The molecule has 1 atom stereocenters. The number of carbonyl (C=O) groups excluding carboxylic acids is 2. The molecule has 126 valence electrons. The Kier molecular flexibility index (Phi) is 4.57. The second kappa shape index (κ2) is 6.65. The summed E-state index contributed by atoms with van der Waals surface area (Å²) in [4.78, 5) is 26.7. The third kappa shape index (κ3) is 3.14. The van der Waals surface area contributed by atoms with Crippen LogP contribution in [0, 0.1) is 0 Å². The summed E-state index contributed by atoms with van der Waals surface area (Å²) in [7, 11) is 0. The average Bonchev–Trinajstić information content (AvgIpc) is 3.15. The van der Waals surface area contributed by atoms with Crippen LogP contribution in [0.2, 0.25) is 5.02 Å². The van der Waals surface area contributed by atoms with Crippen molar-refractivity contribution in [3.63, 3.8) is 0 Å². The Morgan fingerprint density at radius 3 is 2.96 bits per heavy atom. The van der Waals surface area contributed by atoms with Crippen LogP contribution in [-0.2, 0) is 4.79 Å². The fraction of sp³-hybridized carbons (Fsp3) is 0.353. The summed E-state index contributed by atoms with van der Waals surface area (Å²) in [6.07, 6.45) is 2.06. The summed E-state index contributed by atoms with van der Waals surface area (Å²) in [6.45, 7) is 4.50. The maximum atomic E-state index is 12.6. The number of rotatable bonds is 4. The molecule has 24 heavy (non-hydrogen) atoms. The minimum absolute atomic E-state index is 0.125. The normalized spacial score (nSPS) is 17.6. The number of carbonyl (C=O) groups is 2. The molecule has 0 bridgehead atoms. The summed E-state index contributed by atoms with van der Waals surface area (Å²) < 4.78 is 0. The lowest BCUT2D eigenvalue weighted by Gasteiger charge is -2.17. The zero-order chi connectivity index (χ0) is 17.3. The maximum absolute atomic E-state index is 12.6. The molecule has 3 rings (SSSR count). The van der Waals surface area contributed by atoms with Gasteiger partial charge in [0.2, 0.25) is 5.91 Å². The molecule has 2 heterocycles. The smallest absolute Gasteiger partial charge is 0.255 e. The zero-order valence-corrected chi connectivity index (χ0v) is 14.3. The third-order valence-corrected chi connectivity index (χ3v) is 4.36. The van der Waals surface area contributed by atoms with Gasteiger partial charge < -0.3 is 10.2 Å². The van der Waals surface area contributed by atoms with E-state index in [0.717, 1.165) is 11.4 Å². The highest BCUT2D eigenvalue weighted by Gasteiger charge is 2.34. The maximum Gasteiger partial charge on any atom is 0.255 e. The molecule has 1 saturated heterocycles. The minimum Gasteiger partial charge on any atom is -0.340 e. The van der Waals surface area contributed by atoms with E-state index in [1.807, 2.05) is 19.9 Å². The summed E-state index contributed by atoms with van der Waals surface area (Å²) in [5, 5.41) is 10.2. The van der Waals surface area contributed by atoms with Crippen LogP contribution >= 0.6 is 11.6 Å². The topological polar surface area (TPSA) is 78.1 Å². The van der Waals surface area contributed by atoms with Gasteiger partial charge in [-0.3, -0.25) is 14.7 Å². The van der Waals surface area contributed by atoms with Gasteiger partial charge in [-0.05, 0) is 30.5 Å². The molecule has 1 fully saturated rings. The van der Waals surface area contributed by atoms with E-state index in [-0.39, 0.29) is 17.7 Å². The first-order chi connectivity index (χ1) is 11.5. The van der Waals surface area contributed by atoms with Crippen molar-refractivity contribution in [1.29, 1.82) is 0 Å². The van der Waals surface area contributed by atoms with Crippen molar-refractivity contribution in [2.24, 2.45) is 0 Å². The van der Waals surface area contributed by atoms with Gasteiger partial charge in [-0.15, -0.1) is 0 Å². The summed E-state index contributed by atoms with van der Waals surface area (Å²) in [5.74, 6) is -0.255. The van der Waals surface area contributed by atoms with Gasteiger partial charge in [0.15, 0.2) is 0 Å². The second-order valence-corrected chi connectivity index (χ2v) is 6.57. The number of aromatic amines is 1. The van der Waals surface area contributed by atoms with Gasteiger partial charge in [-0.25, -0.2) is 0 Å². The van der Waals surface area contributed by atoms with Gasteiger partial charge in [0.05, 0.1) is 17.5 Å². The van der Waals surface area contributed by atoms with Crippen molar-refractivity contribution in [3.8, 4) is 0 Å². The standard InChI is InChI=1S/C17H19ClN4O2/c1-10(2)15-13(9-19-21-15)16(23)20-14-6-7-22(17(14)24)12-5-3-4-11(18)8-12/h3-5,8-10,14H,6-7H2,1-2H3,(H,19,21)(H,20,23)/t14-/m1/s1. The Morgan fingerprint density at radius 2 is 2.25 bits per heavy atom. The minimum atomic E-state index is -0.536. The summed E-state index contributed by atoms with van der Waals surface area (Å²) in [5.41, 5.74) is 2.00. The molecule has 6 nitrogen and oxygen atoms in total. The van der Waals surface area contributed by atoms with Crippen LogP contribution < -0.4 is 10.2 Å². The molecule has 2 amide bonds. The third-order valence-electron chi connectivity index (χ3n) is 4.12. The number of hydrogen-bond acceptors (Lipinski definition) is 3. The molecule has 0 radical (unpaired) electrons. The summed E-state index contributed by atoms with van der Waals surface area (Å²) in [6, 6.07) is 6.61. The number of nitrogens with zero attached hydrogens (tertiary/aromatic N) is 2. The molecule has 2 N–H and O–H groups in total. The fourth-order valence-electron chi connectivity index (χ4n) is 2.87. The Balaban J connectivity index is 1.72. The first-order valence-corrected chi connectivity index (χ1v) is 8.26. The molecule has 0 spiro atoms. The van der Waals surface area contributed by atoms with Crippen molar-refractivity contribution in [3.05, 3.63) is 46.7 Å². The van der Waals surface area contributed by atoms with Crippen molar-refractivity contribution >= 4 is 29.1 Å². The van der Waals surface area contributed by atoms with Crippen LogP contribution in [0.4, 0.5) is 5.69 Å². The van der Waals surface area contributed by atoms with Crippen LogP contribution in [0.3, 0.4) is 0 Å². The predicted octanol–water partition coefficient (Wildman–Crippen LogP) is 2.72. The number of benzene rings is 1. The molecule has 1 aromatic heterocycles. The Hall–Kier alpha value is -2.34. The first-order valence-electron chi connectivity index (χ1n) is 7.88. The highest BCUT2D eigenvalue weighted by molar-refractivity contribution is 6.31. The number of halogens is 1. The lowest BCUT2D eigenvalue weighted by molar-refractivity contribution is -0.118. The van der Waals surface area contributed by atoms with Gasteiger partial charge in [-0.1, -0.05) is 31.5 Å². The Bertz CT molecular complexity index is 771. The van der Waals surface area contributed by atoms with Crippen LogP contribution in [0.5, 0.6) is 0 Å². The molecule has 1 aromatic carbocycles. The van der Waals surface area contributed by atoms with Gasteiger partial charge in [-0.2, -0.15) is 5.10 Å². The highest BCUT2D eigenvalue weighted by atomic mass is 35.5. The van der Waals surface area contributed by atoms with Crippen molar-refractivity contribution < 1.29 is 9.59 Å².